The Bertz CT molecular complexity index is 356. The summed E-state index contributed by atoms with van der Waals surface area (Å²) in [6, 6.07) is 0.707. The zero-order valence-corrected chi connectivity index (χ0v) is 7.51. The van der Waals surface area contributed by atoms with E-state index in [2.05, 4.69) is 10.4 Å². The number of rotatable bonds is 1. The van der Waals surface area contributed by atoms with Crippen molar-refractivity contribution < 1.29 is 18.0 Å². The molecule has 1 N–H and O–H groups in total. The fraction of sp³-hybridized carbons (Fsp3) is 0.429. The number of nitrogens with zero attached hydrogens (tertiary/aromatic N) is 2. The molecule has 4 nitrogen and oxygen atoms in total. The van der Waals surface area contributed by atoms with Crippen LogP contribution in [0.1, 0.15) is 16.2 Å². The first-order valence-electron chi connectivity index (χ1n) is 3.69. The Morgan fingerprint density at radius 3 is 2.50 bits per heavy atom. The summed E-state index contributed by atoms with van der Waals surface area (Å²) < 4.78 is 37.3. The van der Waals surface area contributed by atoms with Crippen LogP contribution in [0.4, 0.5) is 13.2 Å². The zero-order valence-electron chi connectivity index (χ0n) is 7.51. The van der Waals surface area contributed by atoms with Gasteiger partial charge < -0.3 is 5.32 Å². The summed E-state index contributed by atoms with van der Waals surface area (Å²) in [5.41, 5.74) is -1.20. The molecule has 0 unspecified atom stereocenters. The molecule has 1 rings (SSSR count). The van der Waals surface area contributed by atoms with Gasteiger partial charge in [-0.05, 0) is 0 Å². The van der Waals surface area contributed by atoms with Gasteiger partial charge in [-0.15, -0.1) is 0 Å². The highest BCUT2D eigenvalue weighted by molar-refractivity contribution is 5.92. The second-order valence-electron chi connectivity index (χ2n) is 2.62. The predicted octanol–water partition coefficient (Wildman–Crippen LogP) is 0.798. The third-order valence-electron chi connectivity index (χ3n) is 1.63. The van der Waals surface area contributed by atoms with Crippen molar-refractivity contribution in [1.82, 2.24) is 15.1 Å². The molecule has 1 aromatic rings. The Balaban J connectivity index is 3.12. The highest BCUT2D eigenvalue weighted by Crippen LogP contribution is 2.28. The molecule has 1 heterocycles. The molecular formula is C7H8F3N3O. The van der Waals surface area contributed by atoms with Gasteiger partial charge in [0, 0.05) is 20.2 Å². The van der Waals surface area contributed by atoms with Crippen molar-refractivity contribution >= 4 is 5.91 Å². The lowest BCUT2D eigenvalue weighted by Crippen LogP contribution is -2.20. The SMILES string of the molecule is CNC(=O)c1cc(C(F)(F)F)nn1C. The van der Waals surface area contributed by atoms with Gasteiger partial charge in [-0.2, -0.15) is 18.3 Å². The van der Waals surface area contributed by atoms with Crippen molar-refractivity contribution in [3.8, 4) is 0 Å². The van der Waals surface area contributed by atoms with Crippen LogP contribution in [0.3, 0.4) is 0 Å². The van der Waals surface area contributed by atoms with Gasteiger partial charge in [0.15, 0.2) is 5.69 Å². The summed E-state index contributed by atoms with van der Waals surface area (Å²) in [4.78, 5) is 11.0. The first-order valence-corrected chi connectivity index (χ1v) is 3.69. The van der Waals surface area contributed by atoms with E-state index in [1.165, 1.54) is 14.1 Å². The Kier molecular flexibility index (Phi) is 2.50. The Labute approximate surface area is 77.7 Å². The maximum absolute atomic E-state index is 12.1. The van der Waals surface area contributed by atoms with Gasteiger partial charge in [0.1, 0.15) is 5.69 Å². The predicted molar refractivity (Wildman–Crippen MR) is 41.6 cm³/mol. The van der Waals surface area contributed by atoms with E-state index in [4.69, 9.17) is 0 Å². The summed E-state index contributed by atoms with van der Waals surface area (Å²) >= 11 is 0. The molecule has 78 valence electrons. The van der Waals surface area contributed by atoms with Crippen LogP contribution in [0, 0.1) is 0 Å². The molecule has 7 heteroatoms. The smallest absolute Gasteiger partial charge is 0.354 e. The van der Waals surface area contributed by atoms with Crippen LogP contribution in [-0.4, -0.2) is 22.7 Å². The van der Waals surface area contributed by atoms with Crippen molar-refractivity contribution in [3.05, 3.63) is 17.5 Å². The molecule has 0 bridgehead atoms. The number of halogens is 3. The van der Waals surface area contributed by atoms with Gasteiger partial charge in [-0.25, -0.2) is 0 Å². The molecule has 0 fully saturated rings. The molecule has 0 aliphatic rings. The molecule has 0 aliphatic carbocycles. The minimum absolute atomic E-state index is 0.125. The van der Waals surface area contributed by atoms with E-state index in [1.807, 2.05) is 0 Å². The normalized spacial score (nSPS) is 11.5. The van der Waals surface area contributed by atoms with Gasteiger partial charge in [0.2, 0.25) is 0 Å². The van der Waals surface area contributed by atoms with Crippen LogP contribution in [-0.2, 0) is 13.2 Å². The summed E-state index contributed by atoms with van der Waals surface area (Å²) in [7, 11) is 2.61. The molecule has 0 aromatic carbocycles. The van der Waals surface area contributed by atoms with Crippen LogP contribution in [0.15, 0.2) is 6.07 Å². The average molecular weight is 207 g/mol. The minimum Gasteiger partial charge on any atom is -0.354 e. The van der Waals surface area contributed by atoms with Crippen LogP contribution < -0.4 is 5.32 Å². The van der Waals surface area contributed by atoms with Crippen LogP contribution in [0.2, 0.25) is 0 Å². The fourth-order valence-electron chi connectivity index (χ4n) is 0.946. The number of hydrogen-bond acceptors (Lipinski definition) is 2. The van der Waals surface area contributed by atoms with Gasteiger partial charge >= 0.3 is 6.18 Å². The number of carbonyl (C=O) groups excluding carboxylic acids is 1. The molecule has 0 spiro atoms. The van der Waals surface area contributed by atoms with E-state index in [-0.39, 0.29) is 5.69 Å². The van der Waals surface area contributed by atoms with Crippen molar-refractivity contribution in [1.29, 1.82) is 0 Å². The van der Waals surface area contributed by atoms with Crippen molar-refractivity contribution in [2.24, 2.45) is 7.05 Å². The quantitative estimate of drug-likeness (QED) is 0.740. The van der Waals surface area contributed by atoms with Gasteiger partial charge in [0.05, 0.1) is 0 Å². The number of aryl methyl sites for hydroxylation is 1. The standard InChI is InChI=1S/C7H8F3N3O/c1-11-6(14)4-3-5(7(8,9)10)12-13(4)2/h3H,1-2H3,(H,11,14). The summed E-state index contributed by atoms with van der Waals surface area (Å²) in [5, 5.41) is 5.40. The molecule has 14 heavy (non-hydrogen) atoms. The molecule has 0 saturated heterocycles. The van der Waals surface area contributed by atoms with Crippen molar-refractivity contribution in [3.63, 3.8) is 0 Å². The fourth-order valence-corrected chi connectivity index (χ4v) is 0.946. The highest BCUT2D eigenvalue weighted by Gasteiger charge is 2.35. The zero-order chi connectivity index (χ0) is 10.9. The van der Waals surface area contributed by atoms with Crippen LogP contribution in [0.25, 0.3) is 0 Å². The first-order chi connectivity index (χ1) is 6.36. The lowest BCUT2D eigenvalue weighted by molar-refractivity contribution is -0.141. The topological polar surface area (TPSA) is 46.9 Å². The molecule has 1 amide bonds. The van der Waals surface area contributed by atoms with Gasteiger partial charge in [0.25, 0.3) is 5.91 Å². The third-order valence-corrected chi connectivity index (χ3v) is 1.63. The number of alkyl halides is 3. The molecule has 0 saturated carbocycles. The Morgan fingerprint density at radius 2 is 2.14 bits per heavy atom. The molecule has 1 aromatic heterocycles. The Morgan fingerprint density at radius 1 is 1.57 bits per heavy atom. The van der Waals surface area contributed by atoms with E-state index in [1.54, 1.807) is 0 Å². The number of hydrogen-bond donors (Lipinski definition) is 1. The van der Waals surface area contributed by atoms with E-state index in [0.29, 0.717) is 6.07 Å². The second-order valence-corrected chi connectivity index (χ2v) is 2.62. The summed E-state index contributed by atoms with van der Waals surface area (Å²) in [6.07, 6.45) is -4.52. The van der Waals surface area contributed by atoms with Gasteiger partial charge in [-0.3, -0.25) is 9.48 Å². The number of amides is 1. The van der Waals surface area contributed by atoms with Crippen molar-refractivity contribution in [2.45, 2.75) is 6.18 Å². The molecule has 0 radical (unpaired) electrons. The first kappa shape index (κ1) is 10.6. The summed E-state index contributed by atoms with van der Waals surface area (Å²) in [5.74, 6) is -0.601. The lowest BCUT2D eigenvalue weighted by atomic mass is 10.3. The van der Waals surface area contributed by atoms with E-state index >= 15 is 0 Å². The number of carbonyl (C=O) groups is 1. The van der Waals surface area contributed by atoms with Crippen LogP contribution in [0.5, 0.6) is 0 Å². The van der Waals surface area contributed by atoms with Crippen molar-refractivity contribution in [2.75, 3.05) is 7.05 Å². The maximum Gasteiger partial charge on any atom is 0.435 e. The number of aromatic nitrogens is 2. The second kappa shape index (κ2) is 3.32. The van der Waals surface area contributed by atoms with Crippen LogP contribution >= 0.6 is 0 Å². The minimum atomic E-state index is -4.52. The largest absolute Gasteiger partial charge is 0.435 e. The summed E-state index contributed by atoms with van der Waals surface area (Å²) in [6.45, 7) is 0. The third kappa shape index (κ3) is 1.86. The Hall–Kier alpha value is -1.53. The van der Waals surface area contributed by atoms with E-state index in [9.17, 15) is 18.0 Å². The van der Waals surface area contributed by atoms with E-state index in [0.717, 1.165) is 4.68 Å². The van der Waals surface area contributed by atoms with E-state index < -0.39 is 17.8 Å². The average Bonchev–Trinajstić information content (AvgIpc) is 2.45. The van der Waals surface area contributed by atoms with Gasteiger partial charge in [-0.1, -0.05) is 0 Å². The molecule has 0 atom stereocenters. The maximum atomic E-state index is 12.1. The molecule has 0 aliphatic heterocycles. The number of nitrogens with one attached hydrogen (secondary N) is 1. The lowest BCUT2D eigenvalue weighted by Gasteiger charge is -1.98. The molecular weight excluding hydrogens is 199 g/mol. The highest BCUT2D eigenvalue weighted by atomic mass is 19.4. The monoisotopic (exact) mass is 207 g/mol.